The lowest BCUT2D eigenvalue weighted by Gasteiger charge is -2.23. The van der Waals surface area contributed by atoms with Gasteiger partial charge in [-0.05, 0) is 48.9 Å². The number of aryl methyl sites for hydroxylation is 1. The van der Waals surface area contributed by atoms with Crippen LogP contribution in [0.2, 0.25) is 0 Å². The topological polar surface area (TPSA) is 114 Å². The van der Waals surface area contributed by atoms with E-state index in [0.29, 0.717) is 43.1 Å². The van der Waals surface area contributed by atoms with Crippen LogP contribution in [0.15, 0.2) is 56.9 Å². The molecule has 9 nitrogen and oxygen atoms in total. The molecule has 0 unspecified atom stereocenters. The molecule has 3 aliphatic rings. The highest BCUT2D eigenvalue weighted by Gasteiger charge is 2.49. The van der Waals surface area contributed by atoms with Crippen LogP contribution >= 0.6 is 0 Å². The Labute approximate surface area is 241 Å². The minimum Gasteiger partial charge on any atom is -0.376 e. The molecule has 3 aromatic rings. The third-order valence-corrected chi connectivity index (χ3v) is 9.83. The van der Waals surface area contributed by atoms with E-state index in [1.54, 1.807) is 25.1 Å². The van der Waals surface area contributed by atoms with Gasteiger partial charge in [0.15, 0.2) is 5.82 Å². The average Bonchev–Trinajstić information content (AvgIpc) is 3.64. The molecule has 3 heterocycles. The van der Waals surface area contributed by atoms with Gasteiger partial charge < -0.3 is 9.26 Å². The van der Waals surface area contributed by atoms with E-state index >= 15 is 0 Å². The number of ether oxygens (including phenoxy) is 1. The molecule has 0 atom stereocenters. The summed E-state index contributed by atoms with van der Waals surface area (Å²) in [6.07, 6.45) is 6.98. The molecule has 0 saturated heterocycles. The molecule has 1 fully saturated rings. The van der Waals surface area contributed by atoms with E-state index in [2.05, 4.69) is 16.8 Å². The highest BCUT2D eigenvalue weighted by molar-refractivity contribution is 7.92. The highest BCUT2D eigenvalue weighted by Crippen LogP contribution is 2.40. The summed E-state index contributed by atoms with van der Waals surface area (Å²) in [5.41, 5.74) is 3.26. The summed E-state index contributed by atoms with van der Waals surface area (Å²) in [6, 6.07) is 12.9. The largest absolute Gasteiger partial charge is 0.376 e. The quantitative estimate of drug-likeness (QED) is 0.413. The molecule has 1 amide bonds. The van der Waals surface area contributed by atoms with Gasteiger partial charge in [0.05, 0.1) is 24.7 Å². The molecule has 1 spiro atoms. The fraction of sp³-hybridized carbons (Fsp3) is 0.452. The molecule has 1 aromatic heterocycles. The van der Waals surface area contributed by atoms with E-state index in [1.165, 1.54) is 0 Å². The number of aromatic nitrogens is 1. The molecule has 2 aliphatic heterocycles. The number of carbonyl (C=O) groups excluding carboxylic acids is 1. The SMILES string of the molecule is CCCCC1=NC2(CCCC2)C(=O)N1Cc1ccc2c(c1)COCCc1c(noc1C)NS(=O)(=O)c1ccccc1-2. The minimum absolute atomic E-state index is 0.118. The number of rotatable bonds is 5. The van der Waals surface area contributed by atoms with Gasteiger partial charge in [-0.15, -0.1) is 0 Å². The molecule has 2 aromatic carbocycles. The molecule has 1 N–H and O–H groups in total. The summed E-state index contributed by atoms with van der Waals surface area (Å²) in [5, 5.41) is 3.95. The molecule has 1 saturated carbocycles. The van der Waals surface area contributed by atoms with Crippen LogP contribution in [0.1, 0.15) is 74.3 Å². The summed E-state index contributed by atoms with van der Waals surface area (Å²) in [7, 11) is -3.96. The average molecular weight is 577 g/mol. The van der Waals surface area contributed by atoms with Gasteiger partial charge in [-0.3, -0.25) is 19.4 Å². The number of aliphatic imine (C=N–C) groups is 1. The van der Waals surface area contributed by atoms with Crippen LogP contribution in [0.3, 0.4) is 0 Å². The Morgan fingerprint density at radius 3 is 2.71 bits per heavy atom. The van der Waals surface area contributed by atoms with E-state index in [0.717, 1.165) is 67.5 Å². The number of hydrogen-bond acceptors (Lipinski definition) is 7. The Balaban J connectivity index is 1.37. The highest BCUT2D eigenvalue weighted by atomic mass is 32.2. The van der Waals surface area contributed by atoms with Crippen molar-refractivity contribution < 1.29 is 22.5 Å². The molecule has 41 heavy (non-hydrogen) atoms. The van der Waals surface area contributed by atoms with Gasteiger partial charge in [0.2, 0.25) is 0 Å². The maximum atomic E-state index is 13.7. The third kappa shape index (κ3) is 5.19. The second-order valence-corrected chi connectivity index (χ2v) is 12.9. The minimum atomic E-state index is -3.96. The monoisotopic (exact) mass is 576 g/mol. The number of fused-ring (bicyclic) bond motifs is 4. The van der Waals surface area contributed by atoms with Crippen molar-refractivity contribution in [2.75, 3.05) is 11.3 Å². The first kappa shape index (κ1) is 27.7. The zero-order valence-corrected chi connectivity index (χ0v) is 24.4. The molecular weight excluding hydrogens is 540 g/mol. The summed E-state index contributed by atoms with van der Waals surface area (Å²) in [6.45, 7) is 4.99. The van der Waals surface area contributed by atoms with Crippen LogP contribution in [0.25, 0.3) is 11.1 Å². The molecule has 0 radical (unpaired) electrons. The van der Waals surface area contributed by atoms with Crippen molar-refractivity contribution in [3.63, 3.8) is 0 Å². The molecular formula is C31H36N4O5S. The fourth-order valence-corrected chi connectivity index (χ4v) is 7.49. The number of amidine groups is 1. The number of amides is 1. The number of unbranched alkanes of at least 4 members (excludes halogenated alkanes) is 1. The van der Waals surface area contributed by atoms with E-state index in [1.807, 2.05) is 29.2 Å². The number of anilines is 1. The maximum Gasteiger partial charge on any atom is 0.263 e. The first-order chi connectivity index (χ1) is 19.8. The summed E-state index contributed by atoms with van der Waals surface area (Å²) in [5.74, 6) is 1.75. The Morgan fingerprint density at radius 1 is 1.10 bits per heavy atom. The van der Waals surface area contributed by atoms with E-state index < -0.39 is 15.6 Å². The van der Waals surface area contributed by atoms with Gasteiger partial charge in [0.25, 0.3) is 15.9 Å². The van der Waals surface area contributed by atoms with Crippen molar-refractivity contribution >= 4 is 27.6 Å². The molecule has 6 rings (SSSR count). The van der Waals surface area contributed by atoms with E-state index in [-0.39, 0.29) is 16.6 Å². The van der Waals surface area contributed by atoms with Gasteiger partial charge in [0.1, 0.15) is 17.1 Å². The van der Waals surface area contributed by atoms with Crippen molar-refractivity contribution in [2.45, 2.75) is 88.8 Å². The van der Waals surface area contributed by atoms with Crippen molar-refractivity contribution in [3.05, 3.63) is 64.9 Å². The van der Waals surface area contributed by atoms with Crippen molar-refractivity contribution in [3.8, 4) is 11.1 Å². The van der Waals surface area contributed by atoms with Crippen molar-refractivity contribution in [2.24, 2.45) is 4.99 Å². The summed E-state index contributed by atoms with van der Waals surface area (Å²) < 4.78 is 41.2. The Hall–Kier alpha value is -3.50. The lowest BCUT2D eigenvalue weighted by Crippen LogP contribution is -2.40. The number of carbonyl (C=O) groups is 1. The Bertz CT molecular complexity index is 1600. The van der Waals surface area contributed by atoms with Gasteiger partial charge in [-0.1, -0.05) is 67.7 Å². The van der Waals surface area contributed by atoms with Crippen LogP contribution in [-0.2, 0) is 39.1 Å². The molecule has 216 valence electrons. The smallest absolute Gasteiger partial charge is 0.263 e. The summed E-state index contributed by atoms with van der Waals surface area (Å²) in [4.78, 5) is 20.7. The molecule has 1 aliphatic carbocycles. The first-order valence-corrected chi connectivity index (χ1v) is 16.0. The van der Waals surface area contributed by atoms with E-state index in [4.69, 9.17) is 14.3 Å². The Morgan fingerprint density at radius 2 is 1.90 bits per heavy atom. The third-order valence-electron chi connectivity index (χ3n) is 8.43. The molecule has 0 bridgehead atoms. The normalized spacial score (nSPS) is 19.5. The number of nitrogens with one attached hydrogen (secondary N) is 1. The van der Waals surface area contributed by atoms with Crippen LogP contribution in [-0.4, -0.2) is 42.4 Å². The fourth-order valence-electron chi connectivity index (χ4n) is 6.24. The predicted molar refractivity (Wildman–Crippen MR) is 156 cm³/mol. The van der Waals surface area contributed by atoms with Crippen LogP contribution in [0.5, 0.6) is 0 Å². The van der Waals surface area contributed by atoms with Crippen LogP contribution in [0.4, 0.5) is 5.82 Å². The second kappa shape index (κ2) is 11.1. The van der Waals surface area contributed by atoms with Gasteiger partial charge in [0, 0.05) is 24.0 Å². The van der Waals surface area contributed by atoms with E-state index in [9.17, 15) is 13.2 Å². The number of nitrogens with zero attached hydrogens (tertiary/aromatic N) is 3. The molecule has 10 heteroatoms. The van der Waals surface area contributed by atoms with Gasteiger partial charge in [-0.25, -0.2) is 8.42 Å². The number of hydrogen-bond donors (Lipinski definition) is 1. The maximum absolute atomic E-state index is 13.7. The zero-order chi connectivity index (χ0) is 28.6. The number of sulfonamides is 1. The summed E-state index contributed by atoms with van der Waals surface area (Å²) >= 11 is 0. The van der Waals surface area contributed by atoms with Gasteiger partial charge >= 0.3 is 0 Å². The number of benzene rings is 2. The second-order valence-electron chi connectivity index (χ2n) is 11.2. The lowest BCUT2D eigenvalue weighted by atomic mass is 9.96. The lowest BCUT2D eigenvalue weighted by molar-refractivity contribution is -0.131. The van der Waals surface area contributed by atoms with Gasteiger partial charge in [-0.2, -0.15) is 0 Å². The zero-order valence-electron chi connectivity index (χ0n) is 23.6. The van der Waals surface area contributed by atoms with Crippen LogP contribution in [0, 0.1) is 6.92 Å². The van der Waals surface area contributed by atoms with Crippen molar-refractivity contribution in [1.29, 1.82) is 0 Å². The standard InChI is InChI=1S/C31H36N4O5S/c1-3-4-11-28-32-31(15-7-8-16-31)30(36)35(28)19-22-12-13-25-23(18-22)20-39-17-14-24-21(2)40-33-29(24)34-41(37,38)27-10-6-5-9-26(25)27/h5-6,9-10,12-13,18H,3-4,7-8,11,14-17,19-20H2,1-2H3,(H,33,34). The van der Waals surface area contributed by atoms with Crippen LogP contribution < -0.4 is 4.72 Å². The predicted octanol–water partition coefficient (Wildman–Crippen LogP) is 5.77. The van der Waals surface area contributed by atoms with Crippen molar-refractivity contribution in [1.82, 2.24) is 10.1 Å². The Kier molecular flexibility index (Phi) is 7.46. The first-order valence-electron chi connectivity index (χ1n) is 14.5.